The standard InChI is InChI=1S/C27H31N2O4P/c1-19(2)24(27(31)33-4)29-25(26(30)28-3)22-17-11-12-18-23(22)34(32,20-13-7-5-8-14-20)21-15-9-6-10-16-21/h5-19,24-25,29H,1-4H3,(H,28,30). The summed E-state index contributed by atoms with van der Waals surface area (Å²) in [4.78, 5) is 25.6. The van der Waals surface area contributed by atoms with E-state index in [4.69, 9.17) is 4.74 Å². The van der Waals surface area contributed by atoms with Crippen LogP contribution in [0.1, 0.15) is 25.5 Å². The summed E-state index contributed by atoms with van der Waals surface area (Å²) >= 11 is 0. The topological polar surface area (TPSA) is 84.5 Å². The molecule has 0 fully saturated rings. The van der Waals surface area contributed by atoms with E-state index in [0.717, 1.165) is 0 Å². The number of rotatable bonds is 9. The number of carbonyl (C=O) groups excluding carboxylic acids is 2. The molecular formula is C27H31N2O4P. The molecule has 0 heterocycles. The summed E-state index contributed by atoms with van der Waals surface area (Å²) < 4.78 is 20.0. The highest BCUT2D eigenvalue weighted by molar-refractivity contribution is 7.85. The van der Waals surface area contributed by atoms with Crippen LogP contribution in [0.5, 0.6) is 0 Å². The van der Waals surface area contributed by atoms with E-state index in [1.165, 1.54) is 14.2 Å². The van der Waals surface area contributed by atoms with Crippen LogP contribution in [0.3, 0.4) is 0 Å². The zero-order valence-electron chi connectivity index (χ0n) is 19.9. The summed E-state index contributed by atoms with van der Waals surface area (Å²) in [6.07, 6.45) is 0. The van der Waals surface area contributed by atoms with Gasteiger partial charge in [0.25, 0.3) is 0 Å². The summed E-state index contributed by atoms with van der Waals surface area (Å²) in [6, 6.07) is 24.1. The summed E-state index contributed by atoms with van der Waals surface area (Å²) in [6.45, 7) is 3.75. The Labute approximate surface area is 201 Å². The highest BCUT2D eigenvalue weighted by atomic mass is 31.2. The molecule has 1 amide bonds. The van der Waals surface area contributed by atoms with Crippen LogP contribution in [0.15, 0.2) is 84.9 Å². The van der Waals surface area contributed by atoms with Crippen LogP contribution >= 0.6 is 7.14 Å². The minimum atomic E-state index is -3.35. The number of amides is 1. The molecule has 2 atom stereocenters. The molecular weight excluding hydrogens is 447 g/mol. The number of ether oxygens (including phenoxy) is 1. The van der Waals surface area contributed by atoms with Crippen molar-refractivity contribution in [1.82, 2.24) is 10.6 Å². The summed E-state index contributed by atoms with van der Waals surface area (Å²) in [5.74, 6) is -0.938. The molecule has 6 nitrogen and oxygen atoms in total. The minimum absolute atomic E-state index is 0.137. The van der Waals surface area contributed by atoms with E-state index in [1.54, 1.807) is 18.2 Å². The first-order chi connectivity index (χ1) is 16.3. The van der Waals surface area contributed by atoms with Gasteiger partial charge < -0.3 is 14.6 Å². The van der Waals surface area contributed by atoms with Crippen molar-refractivity contribution >= 4 is 34.9 Å². The molecule has 34 heavy (non-hydrogen) atoms. The molecule has 2 unspecified atom stereocenters. The van der Waals surface area contributed by atoms with Crippen LogP contribution in [0.25, 0.3) is 0 Å². The van der Waals surface area contributed by atoms with Gasteiger partial charge in [0, 0.05) is 23.0 Å². The van der Waals surface area contributed by atoms with Gasteiger partial charge in [0.2, 0.25) is 5.91 Å². The first-order valence-corrected chi connectivity index (χ1v) is 12.9. The summed E-state index contributed by atoms with van der Waals surface area (Å²) in [5.41, 5.74) is 0.549. The molecule has 2 N–H and O–H groups in total. The van der Waals surface area contributed by atoms with Crippen LogP contribution in [0.2, 0.25) is 0 Å². The van der Waals surface area contributed by atoms with Gasteiger partial charge in [0.15, 0.2) is 7.14 Å². The smallest absolute Gasteiger partial charge is 0.323 e. The number of hydrogen-bond acceptors (Lipinski definition) is 5. The number of methoxy groups -OCH3 is 1. The first kappa shape index (κ1) is 25.4. The van der Waals surface area contributed by atoms with E-state index >= 15 is 4.57 Å². The molecule has 3 aromatic carbocycles. The molecule has 0 bridgehead atoms. The lowest BCUT2D eigenvalue weighted by atomic mass is 9.99. The van der Waals surface area contributed by atoms with Gasteiger partial charge in [-0.15, -0.1) is 0 Å². The summed E-state index contributed by atoms with van der Waals surface area (Å²) in [7, 11) is -0.494. The highest BCUT2D eigenvalue weighted by Gasteiger charge is 2.37. The van der Waals surface area contributed by atoms with E-state index in [1.807, 2.05) is 80.6 Å². The molecule has 0 spiro atoms. The molecule has 0 saturated heterocycles. The zero-order valence-corrected chi connectivity index (χ0v) is 20.8. The maximum absolute atomic E-state index is 15.0. The third kappa shape index (κ3) is 5.14. The van der Waals surface area contributed by atoms with E-state index in [-0.39, 0.29) is 11.8 Å². The molecule has 3 aromatic rings. The van der Waals surface area contributed by atoms with Gasteiger partial charge >= 0.3 is 5.97 Å². The SMILES string of the molecule is CNC(=O)C(NC(C(=O)OC)C(C)C)c1ccccc1P(=O)(c1ccccc1)c1ccccc1. The second kappa shape index (κ2) is 11.3. The summed E-state index contributed by atoms with van der Waals surface area (Å²) in [5, 5.41) is 7.73. The van der Waals surface area contributed by atoms with Gasteiger partial charge in [-0.3, -0.25) is 14.9 Å². The van der Waals surface area contributed by atoms with E-state index < -0.39 is 25.2 Å². The minimum Gasteiger partial charge on any atom is -0.468 e. The van der Waals surface area contributed by atoms with Gasteiger partial charge in [0.1, 0.15) is 12.1 Å². The zero-order chi connectivity index (χ0) is 24.7. The predicted octanol–water partition coefficient (Wildman–Crippen LogP) is 2.90. The van der Waals surface area contributed by atoms with Gasteiger partial charge in [-0.25, -0.2) is 0 Å². The average molecular weight is 479 g/mol. The first-order valence-electron chi connectivity index (χ1n) is 11.2. The maximum atomic E-state index is 15.0. The molecule has 0 aromatic heterocycles. The van der Waals surface area contributed by atoms with Crippen molar-refractivity contribution in [2.24, 2.45) is 5.92 Å². The number of esters is 1. The molecule has 0 aliphatic heterocycles. The lowest BCUT2D eigenvalue weighted by Crippen LogP contribution is -2.49. The third-order valence-corrected chi connectivity index (χ3v) is 8.94. The fourth-order valence-corrected chi connectivity index (χ4v) is 6.91. The number of carbonyl (C=O) groups is 2. The number of nitrogens with one attached hydrogen (secondary N) is 2. The van der Waals surface area contributed by atoms with Gasteiger partial charge in [-0.1, -0.05) is 98.8 Å². The van der Waals surface area contributed by atoms with Crippen molar-refractivity contribution in [2.45, 2.75) is 25.9 Å². The Morgan fingerprint density at radius 1 is 0.824 bits per heavy atom. The predicted molar refractivity (Wildman–Crippen MR) is 136 cm³/mol. The lowest BCUT2D eigenvalue weighted by Gasteiger charge is -2.29. The fraction of sp³-hybridized carbons (Fsp3) is 0.259. The van der Waals surface area contributed by atoms with E-state index in [0.29, 0.717) is 21.5 Å². The largest absolute Gasteiger partial charge is 0.468 e. The fourth-order valence-electron chi connectivity index (χ4n) is 4.01. The molecule has 0 radical (unpaired) electrons. The van der Waals surface area contributed by atoms with Crippen molar-refractivity contribution in [3.05, 3.63) is 90.5 Å². The van der Waals surface area contributed by atoms with Crippen molar-refractivity contribution < 1.29 is 18.9 Å². The number of likely N-dealkylation sites (N-methyl/N-ethyl adjacent to an activating group) is 1. The molecule has 178 valence electrons. The van der Waals surface area contributed by atoms with Crippen LogP contribution in [0, 0.1) is 5.92 Å². The van der Waals surface area contributed by atoms with E-state index in [9.17, 15) is 9.59 Å². The highest BCUT2D eigenvalue weighted by Crippen LogP contribution is 2.44. The Kier molecular flexibility index (Phi) is 8.43. The second-order valence-electron chi connectivity index (χ2n) is 8.30. The van der Waals surface area contributed by atoms with Crippen molar-refractivity contribution in [1.29, 1.82) is 0 Å². The van der Waals surface area contributed by atoms with Gasteiger partial charge in [0.05, 0.1) is 7.11 Å². The Hall–Kier alpha value is -3.21. The van der Waals surface area contributed by atoms with Crippen molar-refractivity contribution in [2.75, 3.05) is 14.2 Å². The molecule has 0 aliphatic rings. The monoisotopic (exact) mass is 478 g/mol. The lowest BCUT2D eigenvalue weighted by molar-refractivity contribution is -0.144. The quantitative estimate of drug-likeness (QED) is 0.365. The van der Waals surface area contributed by atoms with Crippen LogP contribution in [-0.4, -0.2) is 32.1 Å². The Balaban J connectivity index is 2.25. The average Bonchev–Trinajstić information content (AvgIpc) is 2.89. The second-order valence-corrected chi connectivity index (χ2v) is 11.0. The Morgan fingerprint density at radius 2 is 1.32 bits per heavy atom. The Morgan fingerprint density at radius 3 is 1.79 bits per heavy atom. The van der Waals surface area contributed by atoms with Gasteiger partial charge in [-0.05, 0) is 11.5 Å². The molecule has 0 aliphatic carbocycles. The van der Waals surface area contributed by atoms with E-state index in [2.05, 4.69) is 10.6 Å². The molecule has 3 rings (SSSR count). The maximum Gasteiger partial charge on any atom is 0.323 e. The van der Waals surface area contributed by atoms with Crippen LogP contribution in [0.4, 0.5) is 0 Å². The van der Waals surface area contributed by atoms with Crippen molar-refractivity contribution in [3.8, 4) is 0 Å². The van der Waals surface area contributed by atoms with Crippen molar-refractivity contribution in [3.63, 3.8) is 0 Å². The Bertz CT molecular complexity index is 1120. The molecule has 0 saturated carbocycles. The van der Waals surface area contributed by atoms with Crippen LogP contribution < -0.4 is 26.5 Å². The molecule has 7 heteroatoms. The van der Waals surface area contributed by atoms with Gasteiger partial charge in [-0.2, -0.15) is 0 Å². The van der Waals surface area contributed by atoms with Crippen LogP contribution in [-0.2, 0) is 18.9 Å². The number of hydrogen-bond donors (Lipinski definition) is 2. The number of benzene rings is 3. The third-order valence-electron chi connectivity index (χ3n) is 5.80. The normalized spacial score (nSPS) is 13.2.